The van der Waals surface area contributed by atoms with Gasteiger partial charge in [0.25, 0.3) is 10.0 Å². The summed E-state index contributed by atoms with van der Waals surface area (Å²) in [4.78, 5) is 12.4. The number of benzene rings is 3. The number of halogens is 2. The lowest BCUT2D eigenvalue weighted by Crippen LogP contribution is -2.40. The molecule has 1 aliphatic heterocycles. The van der Waals surface area contributed by atoms with Gasteiger partial charge in [-0.25, -0.2) is 4.39 Å². The van der Waals surface area contributed by atoms with Gasteiger partial charge in [-0.2, -0.15) is 17.9 Å². The average molecular weight is 458 g/mol. The SMILES string of the molecule is O=C(CN1N=C(c2ccccc2F)c2cc(Cl)ccc2S1(=O)=O)NCc1ccccc1. The summed E-state index contributed by atoms with van der Waals surface area (Å²) in [5.41, 5.74) is 1.24. The molecule has 0 spiro atoms. The highest BCUT2D eigenvalue weighted by Crippen LogP contribution is 2.31. The largest absolute Gasteiger partial charge is 0.350 e. The average Bonchev–Trinajstić information content (AvgIpc) is 2.75. The van der Waals surface area contributed by atoms with E-state index >= 15 is 0 Å². The second-order valence-corrected chi connectivity index (χ2v) is 9.06. The van der Waals surface area contributed by atoms with Crippen molar-refractivity contribution < 1.29 is 17.6 Å². The number of rotatable bonds is 5. The van der Waals surface area contributed by atoms with E-state index in [0.29, 0.717) is 4.41 Å². The van der Waals surface area contributed by atoms with Gasteiger partial charge in [-0.3, -0.25) is 4.79 Å². The number of hydrazone groups is 1. The van der Waals surface area contributed by atoms with Crippen molar-refractivity contribution in [2.45, 2.75) is 11.4 Å². The molecule has 31 heavy (non-hydrogen) atoms. The third-order valence-corrected chi connectivity index (χ3v) is 6.62. The minimum absolute atomic E-state index is 0.0845. The molecule has 0 unspecified atom stereocenters. The first-order valence-electron chi connectivity index (χ1n) is 9.33. The van der Waals surface area contributed by atoms with Gasteiger partial charge < -0.3 is 5.32 Å². The second kappa shape index (κ2) is 8.49. The first-order chi connectivity index (χ1) is 14.9. The lowest BCUT2D eigenvalue weighted by molar-refractivity contribution is -0.121. The number of fused-ring (bicyclic) bond motifs is 1. The summed E-state index contributed by atoms with van der Waals surface area (Å²) >= 11 is 6.06. The van der Waals surface area contributed by atoms with Crippen LogP contribution in [0.4, 0.5) is 4.39 Å². The molecule has 0 saturated heterocycles. The summed E-state index contributed by atoms with van der Waals surface area (Å²) in [6, 6.07) is 19.3. The lowest BCUT2D eigenvalue weighted by atomic mass is 10.0. The van der Waals surface area contributed by atoms with Crippen molar-refractivity contribution in [3.8, 4) is 0 Å². The highest BCUT2D eigenvalue weighted by molar-refractivity contribution is 7.89. The Morgan fingerprint density at radius 1 is 1.00 bits per heavy atom. The first kappa shape index (κ1) is 21.0. The van der Waals surface area contributed by atoms with Crippen LogP contribution in [0.3, 0.4) is 0 Å². The fourth-order valence-corrected chi connectivity index (χ4v) is 4.74. The Morgan fingerprint density at radius 3 is 2.45 bits per heavy atom. The zero-order valence-electron chi connectivity index (χ0n) is 16.1. The zero-order valence-corrected chi connectivity index (χ0v) is 17.7. The maximum Gasteiger partial charge on any atom is 0.280 e. The molecular weight excluding hydrogens is 441 g/mol. The van der Waals surface area contributed by atoms with Crippen LogP contribution >= 0.6 is 11.6 Å². The quantitative estimate of drug-likeness (QED) is 0.636. The summed E-state index contributed by atoms with van der Waals surface area (Å²) in [7, 11) is -4.13. The van der Waals surface area contributed by atoms with Crippen LogP contribution in [0.15, 0.2) is 82.8 Å². The standard InChI is InChI=1S/C22H17ClFN3O3S/c23-16-10-11-20-18(12-16)22(17-8-4-5-9-19(17)24)26-27(31(20,29)30)14-21(28)25-13-15-6-2-1-3-7-15/h1-12H,13-14H2,(H,25,28). The van der Waals surface area contributed by atoms with Gasteiger partial charge in [0.2, 0.25) is 5.91 Å². The molecule has 158 valence electrons. The predicted molar refractivity (Wildman–Crippen MR) is 116 cm³/mol. The summed E-state index contributed by atoms with van der Waals surface area (Å²) < 4.78 is 41.4. The van der Waals surface area contributed by atoms with E-state index < -0.39 is 28.3 Å². The van der Waals surface area contributed by atoms with Gasteiger partial charge in [0.15, 0.2) is 0 Å². The van der Waals surface area contributed by atoms with Gasteiger partial charge >= 0.3 is 0 Å². The van der Waals surface area contributed by atoms with Crippen LogP contribution in [0, 0.1) is 5.82 Å². The topological polar surface area (TPSA) is 78.8 Å². The van der Waals surface area contributed by atoms with Crippen LogP contribution < -0.4 is 5.32 Å². The Kier molecular flexibility index (Phi) is 5.75. The van der Waals surface area contributed by atoms with Gasteiger partial charge in [-0.15, -0.1) is 0 Å². The van der Waals surface area contributed by atoms with E-state index in [0.717, 1.165) is 5.56 Å². The smallest absolute Gasteiger partial charge is 0.280 e. The molecule has 0 aliphatic carbocycles. The fraction of sp³-hybridized carbons (Fsp3) is 0.0909. The molecule has 4 rings (SSSR count). The zero-order chi connectivity index (χ0) is 22.0. The molecule has 1 amide bonds. The molecule has 1 aliphatic rings. The van der Waals surface area contributed by atoms with Crippen molar-refractivity contribution >= 4 is 33.2 Å². The molecule has 0 atom stereocenters. The summed E-state index contributed by atoms with van der Waals surface area (Å²) in [5.74, 6) is -1.11. The number of hydrogen-bond acceptors (Lipinski definition) is 4. The second-order valence-electron chi connectivity index (χ2n) is 6.82. The number of amides is 1. The molecule has 0 radical (unpaired) electrons. The van der Waals surface area contributed by atoms with Crippen molar-refractivity contribution in [2.24, 2.45) is 5.10 Å². The van der Waals surface area contributed by atoms with Crippen LogP contribution in [0.1, 0.15) is 16.7 Å². The summed E-state index contributed by atoms with van der Waals surface area (Å²) in [6.45, 7) is -0.307. The van der Waals surface area contributed by atoms with E-state index in [4.69, 9.17) is 11.6 Å². The van der Waals surface area contributed by atoms with E-state index in [1.807, 2.05) is 30.3 Å². The molecular formula is C22H17ClFN3O3S. The van der Waals surface area contributed by atoms with Gasteiger partial charge in [-0.1, -0.05) is 54.1 Å². The molecule has 3 aromatic carbocycles. The lowest BCUT2D eigenvalue weighted by Gasteiger charge is -2.27. The Hall–Kier alpha value is -3.23. The van der Waals surface area contributed by atoms with Crippen LogP contribution in [0.2, 0.25) is 5.02 Å². The molecule has 1 N–H and O–H groups in total. The summed E-state index contributed by atoms with van der Waals surface area (Å²) in [5, 5.41) is 7.10. The number of hydrogen-bond donors (Lipinski definition) is 1. The molecule has 3 aromatic rings. The van der Waals surface area contributed by atoms with Crippen molar-refractivity contribution in [1.29, 1.82) is 0 Å². The molecule has 0 fully saturated rings. The highest BCUT2D eigenvalue weighted by atomic mass is 35.5. The number of sulfonamides is 1. The number of nitrogens with one attached hydrogen (secondary N) is 1. The molecule has 0 saturated carbocycles. The molecule has 6 nitrogen and oxygen atoms in total. The van der Waals surface area contributed by atoms with E-state index in [1.54, 1.807) is 6.07 Å². The minimum Gasteiger partial charge on any atom is -0.350 e. The van der Waals surface area contributed by atoms with E-state index in [2.05, 4.69) is 10.4 Å². The van der Waals surface area contributed by atoms with Crippen LogP contribution in [-0.2, 0) is 21.4 Å². The maximum atomic E-state index is 14.5. The number of carbonyl (C=O) groups excluding carboxylic acids is 1. The third kappa shape index (κ3) is 4.30. The van der Waals surface area contributed by atoms with Crippen molar-refractivity contribution in [3.63, 3.8) is 0 Å². The summed E-state index contributed by atoms with van der Waals surface area (Å²) in [6.07, 6.45) is 0. The molecule has 0 bridgehead atoms. The minimum atomic E-state index is -4.13. The van der Waals surface area contributed by atoms with Gasteiger partial charge in [0.1, 0.15) is 18.1 Å². The van der Waals surface area contributed by atoms with Gasteiger partial charge in [-0.05, 0) is 35.9 Å². The van der Waals surface area contributed by atoms with E-state index in [9.17, 15) is 17.6 Å². The monoisotopic (exact) mass is 457 g/mol. The first-order valence-corrected chi connectivity index (χ1v) is 11.1. The Labute approximate surface area is 184 Å². The molecule has 1 heterocycles. The van der Waals surface area contributed by atoms with Crippen molar-refractivity contribution in [2.75, 3.05) is 6.54 Å². The Balaban J connectivity index is 1.69. The van der Waals surface area contributed by atoms with Crippen LogP contribution in [0.25, 0.3) is 0 Å². The van der Waals surface area contributed by atoms with E-state index in [1.165, 1.54) is 36.4 Å². The van der Waals surface area contributed by atoms with Gasteiger partial charge in [0, 0.05) is 22.7 Å². The number of carbonyl (C=O) groups is 1. The van der Waals surface area contributed by atoms with E-state index in [-0.39, 0.29) is 33.3 Å². The van der Waals surface area contributed by atoms with Crippen molar-refractivity contribution in [3.05, 3.63) is 100 Å². The van der Waals surface area contributed by atoms with Gasteiger partial charge in [0.05, 0.1) is 4.90 Å². The fourth-order valence-electron chi connectivity index (χ4n) is 3.19. The van der Waals surface area contributed by atoms with Crippen molar-refractivity contribution in [1.82, 2.24) is 9.73 Å². The molecule has 9 heteroatoms. The number of nitrogens with zero attached hydrogens (tertiary/aromatic N) is 2. The Morgan fingerprint density at radius 2 is 1.71 bits per heavy atom. The van der Waals surface area contributed by atoms with Crippen LogP contribution in [0.5, 0.6) is 0 Å². The highest BCUT2D eigenvalue weighted by Gasteiger charge is 2.35. The Bertz CT molecular complexity index is 1280. The normalized spacial score (nSPS) is 14.5. The maximum absolute atomic E-state index is 14.5. The van der Waals surface area contributed by atoms with Crippen LogP contribution in [-0.4, -0.2) is 31.0 Å². The molecule has 0 aromatic heterocycles. The predicted octanol–water partition coefficient (Wildman–Crippen LogP) is 3.55. The third-order valence-electron chi connectivity index (χ3n) is 4.70.